The van der Waals surface area contributed by atoms with Gasteiger partial charge in [-0.25, -0.2) is 4.39 Å². The third-order valence-corrected chi connectivity index (χ3v) is 4.91. The number of rotatable bonds is 4. The van der Waals surface area contributed by atoms with Crippen LogP contribution in [0.5, 0.6) is 0 Å². The lowest BCUT2D eigenvalue weighted by Gasteiger charge is -2.32. The smallest absolute Gasteiger partial charge is 0.322 e. The van der Waals surface area contributed by atoms with E-state index in [4.69, 9.17) is 4.42 Å². The summed E-state index contributed by atoms with van der Waals surface area (Å²) in [6, 6.07) is 7.49. The zero-order chi connectivity index (χ0) is 19.1. The molecule has 0 aliphatic carbocycles. The van der Waals surface area contributed by atoms with E-state index in [1.165, 1.54) is 12.1 Å². The number of carbonyl (C=O) groups is 1. The standard InChI is InChI=1S/C19H19FN4O3/c1-11-7-13(20)3-5-15(11)17-6-4-14(27-17)8-23-10-18-22-21-12(2)24(18)9-16(23)19(25)26/h3-7,16H,8-10H2,1-2H3,(H,25,26). The number of nitrogens with zero attached hydrogens (tertiary/aromatic N) is 4. The highest BCUT2D eigenvalue weighted by Gasteiger charge is 2.33. The number of hydrogen-bond donors (Lipinski definition) is 1. The first-order chi connectivity index (χ1) is 12.9. The van der Waals surface area contributed by atoms with E-state index < -0.39 is 12.0 Å². The fourth-order valence-electron chi connectivity index (χ4n) is 3.47. The fourth-order valence-corrected chi connectivity index (χ4v) is 3.47. The Balaban J connectivity index is 1.58. The molecule has 1 aliphatic rings. The molecule has 0 fully saturated rings. The number of carboxylic acid groups (broad SMARTS) is 1. The fraction of sp³-hybridized carbons (Fsp3) is 0.316. The van der Waals surface area contributed by atoms with Gasteiger partial charge in [0, 0.05) is 5.56 Å². The first-order valence-electron chi connectivity index (χ1n) is 8.63. The van der Waals surface area contributed by atoms with Crippen molar-refractivity contribution in [3.05, 3.63) is 59.1 Å². The average molecular weight is 370 g/mol. The Morgan fingerprint density at radius 1 is 1.30 bits per heavy atom. The van der Waals surface area contributed by atoms with Gasteiger partial charge in [0.25, 0.3) is 0 Å². The summed E-state index contributed by atoms with van der Waals surface area (Å²) >= 11 is 0. The van der Waals surface area contributed by atoms with Crippen molar-refractivity contribution >= 4 is 5.97 Å². The van der Waals surface area contributed by atoms with Gasteiger partial charge in [-0.1, -0.05) is 0 Å². The molecular weight excluding hydrogens is 351 g/mol. The molecule has 1 N–H and O–H groups in total. The molecule has 1 atom stereocenters. The Hall–Kier alpha value is -3.00. The Morgan fingerprint density at radius 2 is 2.11 bits per heavy atom. The Bertz CT molecular complexity index is 1010. The molecule has 7 nitrogen and oxygen atoms in total. The van der Waals surface area contributed by atoms with Crippen LogP contribution in [0.4, 0.5) is 4.39 Å². The summed E-state index contributed by atoms with van der Waals surface area (Å²) in [5.41, 5.74) is 1.59. The highest BCUT2D eigenvalue weighted by atomic mass is 19.1. The van der Waals surface area contributed by atoms with E-state index in [0.29, 0.717) is 37.0 Å². The maximum Gasteiger partial charge on any atom is 0.322 e. The van der Waals surface area contributed by atoms with Gasteiger partial charge in [-0.15, -0.1) is 10.2 Å². The summed E-state index contributed by atoms with van der Waals surface area (Å²) < 4.78 is 21.1. The van der Waals surface area contributed by atoms with Gasteiger partial charge in [0.15, 0.2) is 0 Å². The molecule has 0 saturated heterocycles. The molecule has 0 radical (unpaired) electrons. The monoisotopic (exact) mass is 370 g/mol. The maximum absolute atomic E-state index is 13.3. The van der Waals surface area contributed by atoms with Gasteiger partial charge >= 0.3 is 5.97 Å². The Labute approximate surface area is 155 Å². The van der Waals surface area contributed by atoms with Crippen LogP contribution in [-0.2, 0) is 24.4 Å². The average Bonchev–Trinajstić information content (AvgIpc) is 3.21. The van der Waals surface area contributed by atoms with Crippen molar-refractivity contribution in [2.45, 2.75) is 39.5 Å². The summed E-state index contributed by atoms with van der Waals surface area (Å²) in [5.74, 6) is 1.54. The van der Waals surface area contributed by atoms with Gasteiger partial charge in [0.05, 0.1) is 19.6 Å². The summed E-state index contributed by atoms with van der Waals surface area (Å²) in [5, 5.41) is 17.8. The van der Waals surface area contributed by atoms with Crippen LogP contribution in [0.3, 0.4) is 0 Å². The molecule has 1 unspecified atom stereocenters. The van der Waals surface area contributed by atoms with E-state index in [9.17, 15) is 14.3 Å². The maximum atomic E-state index is 13.3. The predicted molar refractivity (Wildman–Crippen MR) is 94.3 cm³/mol. The Kier molecular flexibility index (Phi) is 4.27. The number of furan rings is 1. The number of aryl methyl sites for hydroxylation is 2. The van der Waals surface area contributed by atoms with E-state index in [1.807, 2.05) is 35.4 Å². The molecule has 0 bridgehead atoms. The molecule has 8 heteroatoms. The quantitative estimate of drug-likeness (QED) is 0.760. The lowest BCUT2D eigenvalue weighted by molar-refractivity contribution is -0.145. The van der Waals surface area contributed by atoms with Crippen LogP contribution < -0.4 is 0 Å². The molecular formula is C19H19FN4O3. The molecule has 4 rings (SSSR count). The second-order valence-electron chi connectivity index (χ2n) is 6.76. The van der Waals surface area contributed by atoms with Crippen molar-refractivity contribution in [1.82, 2.24) is 19.7 Å². The second-order valence-corrected chi connectivity index (χ2v) is 6.76. The molecule has 0 saturated carbocycles. The third-order valence-electron chi connectivity index (χ3n) is 4.91. The zero-order valence-electron chi connectivity index (χ0n) is 15.0. The number of carboxylic acids is 1. The van der Waals surface area contributed by atoms with Gasteiger partial charge in [0.1, 0.15) is 35.0 Å². The molecule has 140 valence electrons. The van der Waals surface area contributed by atoms with E-state index in [2.05, 4.69) is 10.2 Å². The van der Waals surface area contributed by atoms with Crippen LogP contribution in [-0.4, -0.2) is 36.8 Å². The van der Waals surface area contributed by atoms with Gasteiger partial charge in [0.2, 0.25) is 0 Å². The predicted octanol–water partition coefficient (Wildman–Crippen LogP) is 2.76. The van der Waals surface area contributed by atoms with E-state index in [-0.39, 0.29) is 5.82 Å². The van der Waals surface area contributed by atoms with E-state index >= 15 is 0 Å². The molecule has 0 amide bonds. The van der Waals surface area contributed by atoms with Crippen molar-refractivity contribution in [3.8, 4) is 11.3 Å². The van der Waals surface area contributed by atoms with E-state index in [1.54, 1.807) is 6.07 Å². The van der Waals surface area contributed by atoms with E-state index in [0.717, 1.165) is 17.0 Å². The van der Waals surface area contributed by atoms with Crippen molar-refractivity contribution in [1.29, 1.82) is 0 Å². The summed E-state index contributed by atoms with van der Waals surface area (Å²) in [6.45, 7) is 4.65. The largest absolute Gasteiger partial charge is 0.480 e. The number of aliphatic carboxylic acids is 1. The van der Waals surface area contributed by atoms with Crippen molar-refractivity contribution in [2.24, 2.45) is 0 Å². The number of fused-ring (bicyclic) bond motifs is 1. The number of halogens is 1. The number of aromatic nitrogens is 3. The van der Waals surface area contributed by atoms with Crippen LogP contribution in [0.2, 0.25) is 0 Å². The van der Waals surface area contributed by atoms with Gasteiger partial charge in [-0.3, -0.25) is 9.69 Å². The van der Waals surface area contributed by atoms with Gasteiger partial charge in [-0.05, 0) is 49.7 Å². The van der Waals surface area contributed by atoms with Crippen molar-refractivity contribution < 1.29 is 18.7 Å². The SMILES string of the molecule is Cc1cc(F)ccc1-c1ccc(CN2Cc3nnc(C)n3CC2C(=O)O)o1. The second kappa shape index (κ2) is 6.62. The first-order valence-corrected chi connectivity index (χ1v) is 8.63. The summed E-state index contributed by atoms with van der Waals surface area (Å²) in [6.07, 6.45) is 0. The topological polar surface area (TPSA) is 84.4 Å². The lowest BCUT2D eigenvalue weighted by Crippen LogP contribution is -2.47. The van der Waals surface area contributed by atoms with Crippen LogP contribution in [0, 0.1) is 19.7 Å². The molecule has 1 aromatic carbocycles. The van der Waals surface area contributed by atoms with Crippen molar-refractivity contribution in [3.63, 3.8) is 0 Å². The zero-order valence-corrected chi connectivity index (χ0v) is 15.0. The van der Waals surface area contributed by atoms with Crippen LogP contribution in [0.25, 0.3) is 11.3 Å². The minimum Gasteiger partial charge on any atom is -0.480 e. The van der Waals surface area contributed by atoms with Gasteiger partial charge < -0.3 is 14.1 Å². The highest BCUT2D eigenvalue weighted by Crippen LogP contribution is 2.28. The number of hydrogen-bond acceptors (Lipinski definition) is 5. The Morgan fingerprint density at radius 3 is 2.85 bits per heavy atom. The molecule has 2 aromatic heterocycles. The minimum atomic E-state index is -0.894. The molecule has 0 spiro atoms. The van der Waals surface area contributed by atoms with Gasteiger partial charge in [-0.2, -0.15) is 0 Å². The molecule has 3 aromatic rings. The van der Waals surface area contributed by atoms with Crippen molar-refractivity contribution in [2.75, 3.05) is 0 Å². The minimum absolute atomic E-state index is 0.292. The molecule has 1 aliphatic heterocycles. The lowest BCUT2D eigenvalue weighted by atomic mass is 10.1. The van der Waals surface area contributed by atoms with Crippen LogP contribution >= 0.6 is 0 Å². The summed E-state index contributed by atoms with van der Waals surface area (Å²) in [4.78, 5) is 13.6. The normalized spacial score (nSPS) is 17.1. The number of benzene rings is 1. The molecule has 3 heterocycles. The van der Waals surface area contributed by atoms with Crippen LogP contribution in [0.1, 0.15) is 23.0 Å². The first kappa shape index (κ1) is 17.4. The third kappa shape index (κ3) is 3.23. The van der Waals surface area contributed by atoms with Crippen LogP contribution in [0.15, 0.2) is 34.7 Å². The summed E-state index contributed by atoms with van der Waals surface area (Å²) in [7, 11) is 0. The molecule has 27 heavy (non-hydrogen) atoms. The highest BCUT2D eigenvalue weighted by molar-refractivity contribution is 5.73.